The number of carboxylic acids is 1. The molecule has 5 nitrogen and oxygen atoms in total. The van der Waals surface area contributed by atoms with E-state index >= 15 is 0 Å². The van der Waals surface area contributed by atoms with E-state index < -0.39 is 11.9 Å². The van der Waals surface area contributed by atoms with Crippen LogP contribution < -0.4 is 0 Å². The number of halogens is 1. The third-order valence-electron chi connectivity index (χ3n) is 3.70. The van der Waals surface area contributed by atoms with Gasteiger partial charge in [0, 0.05) is 12.2 Å². The Morgan fingerprint density at radius 2 is 1.83 bits per heavy atom. The minimum absolute atomic E-state index is 0.0927. The van der Waals surface area contributed by atoms with Crippen molar-refractivity contribution in [2.75, 3.05) is 6.61 Å². The third kappa shape index (κ3) is 3.26. The van der Waals surface area contributed by atoms with Crippen LogP contribution in [-0.2, 0) is 11.3 Å². The maximum atomic E-state index is 13.0. The maximum absolute atomic E-state index is 13.0. The van der Waals surface area contributed by atoms with E-state index in [-0.39, 0.29) is 30.2 Å². The zero-order valence-corrected chi connectivity index (χ0v) is 13.2. The number of hydrogen-bond donors (Lipinski definition) is 1. The molecule has 2 rings (SSSR count). The number of aromatic carboxylic acids is 1. The molecule has 0 unspecified atom stereocenters. The number of esters is 1. The lowest BCUT2D eigenvalue weighted by molar-refractivity contribution is 0.0513. The minimum atomic E-state index is -1.09. The van der Waals surface area contributed by atoms with Crippen molar-refractivity contribution in [3.63, 3.8) is 0 Å². The second-order valence-corrected chi connectivity index (χ2v) is 5.17. The van der Waals surface area contributed by atoms with Crippen molar-refractivity contribution < 1.29 is 23.8 Å². The van der Waals surface area contributed by atoms with Crippen molar-refractivity contribution in [1.82, 2.24) is 4.57 Å². The molecule has 1 aromatic carbocycles. The van der Waals surface area contributed by atoms with Crippen LogP contribution in [0.25, 0.3) is 0 Å². The van der Waals surface area contributed by atoms with Crippen molar-refractivity contribution in [2.24, 2.45) is 0 Å². The van der Waals surface area contributed by atoms with Crippen molar-refractivity contribution >= 4 is 11.9 Å². The Labute approximate surface area is 133 Å². The SMILES string of the molecule is CCOC(=O)c1c(C)c(C(=O)O)c(C)n1Cc1ccc(F)cc1. The summed E-state index contributed by atoms with van der Waals surface area (Å²) in [5.74, 6) is -2.02. The average molecular weight is 319 g/mol. The van der Waals surface area contributed by atoms with Crippen molar-refractivity contribution in [2.45, 2.75) is 27.3 Å². The molecule has 0 spiro atoms. The fourth-order valence-corrected chi connectivity index (χ4v) is 2.64. The zero-order chi connectivity index (χ0) is 17.1. The predicted molar refractivity (Wildman–Crippen MR) is 82.3 cm³/mol. The topological polar surface area (TPSA) is 68.5 Å². The van der Waals surface area contributed by atoms with Gasteiger partial charge < -0.3 is 14.4 Å². The molecule has 1 aromatic heterocycles. The van der Waals surface area contributed by atoms with Crippen LogP contribution in [0.15, 0.2) is 24.3 Å². The van der Waals surface area contributed by atoms with Gasteiger partial charge in [-0.25, -0.2) is 14.0 Å². The summed E-state index contributed by atoms with van der Waals surface area (Å²) >= 11 is 0. The van der Waals surface area contributed by atoms with E-state index in [1.165, 1.54) is 12.1 Å². The van der Waals surface area contributed by atoms with E-state index in [9.17, 15) is 19.1 Å². The standard InChI is InChI=1S/C17H18FNO4/c1-4-23-17(22)15-10(2)14(16(20)21)11(3)19(15)9-12-5-7-13(18)8-6-12/h5-8H,4,9H2,1-3H3,(H,20,21). The van der Waals surface area contributed by atoms with Crippen LogP contribution in [0.2, 0.25) is 0 Å². The predicted octanol–water partition coefficient (Wildman–Crippen LogP) is 3.17. The lowest BCUT2D eigenvalue weighted by Crippen LogP contribution is -2.15. The Balaban J connectivity index is 2.55. The van der Waals surface area contributed by atoms with Gasteiger partial charge in [-0.2, -0.15) is 0 Å². The molecule has 0 amide bonds. The van der Waals surface area contributed by atoms with E-state index in [1.54, 1.807) is 37.5 Å². The van der Waals surface area contributed by atoms with Crippen LogP contribution >= 0.6 is 0 Å². The molecular weight excluding hydrogens is 301 g/mol. The summed E-state index contributed by atoms with van der Waals surface area (Å²) in [7, 11) is 0. The Kier molecular flexibility index (Phi) is 4.83. The molecule has 0 fully saturated rings. The smallest absolute Gasteiger partial charge is 0.355 e. The number of hydrogen-bond acceptors (Lipinski definition) is 3. The number of nitrogens with zero attached hydrogens (tertiary/aromatic N) is 1. The Morgan fingerprint density at radius 1 is 1.22 bits per heavy atom. The molecule has 2 aromatic rings. The quantitative estimate of drug-likeness (QED) is 0.860. The first-order valence-electron chi connectivity index (χ1n) is 7.21. The van der Waals surface area contributed by atoms with Gasteiger partial charge in [0.2, 0.25) is 0 Å². The van der Waals surface area contributed by atoms with Crippen molar-refractivity contribution in [3.8, 4) is 0 Å². The van der Waals surface area contributed by atoms with Gasteiger partial charge in [-0.05, 0) is 44.0 Å². The van der Waals surface area contributed by atoms with Gasteiger partial charge >= 0.3 is 11.9 Å². The highest BCUT2D eigenvalue weighted by Crippen LogP contribution is 2.24. The minimum Gasteiger partial charge on any atom is -0.478 e. The molecule has 0 aliphatic heterocycles. The second kappa shape index (κ2) is 6.64. The Morgan fingerprint density at radius 3 is 2.35 bits per heavy atom. The monoisotopic (exact) mass is 319 g/mol. The van der Waals surface area contributed by atoms with Crippen LogP contribution in [0.5, 0.6) is 0 Å². The van der Waals surface area contributed by atoms with Gasteiger partial charge in [0.1, 0.15) is 11.5 Å². The summed E-state index contributed by atoms with van der Waals surface area (Å²) in [5, 5.41) is 9.38. The zero-order valence-electron chi connectivity index (χ0n) is 13.2. The summed E-state index contributed by atoms with van der Waals surface area (Å²) in [6.07, 6.45) is 0. The van der Waals surface area contributed by atoms with Crippen molar-refractivity contribution in [1.29, 1.82) is 0 Å². The summed E-state index contributed by atoms with van der Waals surface area (Å²) in [5.41, 5.74) is 1.89. The highest BCUT2D eigenvalue weighted by atomic mass is 19.1. The van der Waals surface area contributed by atoms with Crippen LogP contribution in [0.1, 0.15) is 44.6 Å². The molecule has 1 heterocycles. The van der Waals surface area contributed by atoms with Crippen LogP contribution in [0.4, 0.5) is 4.39 Å². The lowest BCUT2D eigenvalue weighted by atomic mass is 10.1. The van der Waals surface area contributed by atoms with Gasteiger partial charge in [-0.3, -0.25) is 0 Å². The van der Waals surface area contributed by atoms with Crippen LogP contribution in [0, 0.1) is 19.7 Å². The number of carbonyl (C=O) groups excluding carboxylic acids is 1. The van der Waals surface area contributed by atoms with Crippen LogP contribution in [0.3, 0.4) is 0 Å². The first-order chi connectivity index (χ1) is 10.9. The van der Waals surface area contributed by atoms with E-state index in [0.29, 0.717) is 11.3 Å². The number of benzene rings is 1. The fourth-order valence-electron chi connectivity index (χ4n) is 2.64. The molecule has 0 radical (unpaired) electrons. The summed E-state index contributed by atoms with van der Waals surface area (Å²) in [6.45, 7) is 5.37. The number of rotatable bonds is 5. The van der Waals surface area contributed by atoms with E-state index in [0.717, 1.165) is 5.56 Å². The molecule has 1 N–H and O–H groups in total. The van der Waals surface area contributed by atoms with Gasteiger partial charge in [0.15, 0.2) is 0 Å². The lowest BCUT2D eigenvalue weighted by Gasteiger charge is -2.12. The Hall–Kier alpha value is -2.63. The molecular formula is C17H18FNO4. The molecule has 23 heavy (non-hydrogen) atoms. The molecule has 0 atom stereocenters. The normalized spacial score (nSPS) is 10.6. The largest absolute Gasteiger partial charge is 0.478 e. The molecule has 0 saturated heterocycles. The number of carbonyl (C=O) groups is 2. The van der Waals surface area contributed by atoms with Crippen LogP contribution in [-0.4, -0.2) is 28.2 Å². The van der Waals surface area contributed by atoms with Gasteiger partial charge in [0.25, 0.3) is 0 Å². The molecule has 0 aliphatic carbocycles. The first kappa shape index (κ1) is 16.7. The summed E-state index contributed by atoms with van der Waals surface area (Å²) in [4.78, 5) is 23.7. The fraction of sp³-hybridized carbons (Fsp3) is 0.294. The van der Waals surface area contributed by atoms with Gasteiger partial charge in [0.05, 0.1) is 12.2 Å². The number of ether oxygens (including phenoxy) is 1. The first-order valence-corrected chi connectivity index (χ1v) is 7.21. The highest BCUT2D eigenvalue weighted by molar-refractivity contribution is 5.98. The van der Waals surface area contributed by atoms with Gasteiger partial charge in [-0.1, -0.05) is 12.1 Å². The second-order valence-electron chi connectivity index (χ2n) is 5.17. The third-order valence-corrected chi connectivity index (χ3v) is 3.70. The molecule has 6 heteroatoms. The molecule has 0 saturated carbocycles. The summed E-state index contributed by atoms with van der Waals surface area (Å²) in [6, 6.07) is 5.84. The molecule has 0 aliphatic rings. The average Bonchev–Trinajstić information content (AvgIpc) is 2.72. The van der Waals surface area contributed by atoms with Gasteiger partial charge in [-0.15, -0.1) is 0 Å². The van der Waals surface area contributed by atoms with E-state index in [4.69, 9.17) is 4.74 Å². The molecule has 0 bridgehead atoms. The highest BCUT2D eigenvalue weighted by Gasteiger charge is 2.26. The van der Waals surface area contributed by atoms with E-state index in [1.807, 2.05) is 0 Å². The Bertz CT molecular complexity index is 747. The number of aromatic nitrogens is 1. The number of carboxylic acid groups (broad SMARTS) is 1. The van der Waals surface area contributed by atoms with E-state index in [2.05, 4.69) is 0 Å². The van der Waals surface area contributed by atoms with Crippen molar-refractivity contribution in [3.05, 3.63) is 58.2 Å². The summed E-state index contributed by atoms with van der Waals surface area (Å²) < 4.78 is 19.7. The maximum Gasteiger partial charge on any atom is 0.355 e. The molecule has 122 valence electrons.